The molecule has 0 heterocycles. The van der Waals surface area contributed by atoms with E-state index in [-0.39, 0.29) is 15.5 Å². The molecule has 0 aliphatic rings. The number of ether oxygens (including phenoxy) is 1. The van der Waals surface area contributed by atoms with Crippen LogP contribution in [0.2, 0.25) is 0 Å². The monoisotopic (exact) mass is 469 g/mol. The molecule has 12 heteroatoms. The van der Waals surface area contributed by atoms with Crippen LogP contribution in [-0.2, 0) is 34.4 Å². The van der Waals surface area contributed by atoms with Gasteiger partial charge in [-0.15, -0.1) is 0 Å². The predicted molar refractivity (Wildman–Crippen MR) is 113 cm³/mol. The smallest absolute Gasteiger partial charge is 0.321 e. The van der Waals surface area contributed by atoms with Crippen molar-refractivity contribution < 1.29 is 31.2 Å². The molecule has 0 aliphatic carbocycles. The zero-order chi connectivity index (χ0) is 23.4. The van der Waals surface area contributed by atoms with Gasteiger partial charge in [0.1, 0.15) is 6.54 Å². The Labute approximate surface area is 180 Å². The van der Waals surface area contributed by atoms with Crippen LogP contribution in [0.3, 0.4) is 0 Å². The van der Waals surface area contributed by atoms with Gasteiger partial charge in [0.2, 0.25) is 20.0 Å². The minimum absolute atomic E-state index is 0.0818. The minimum Gasteiger partial charge on any atom is -0.455 e. The Bertz CT molecular complexity index is 1200. The summed E-state index contributed by atoms with van der Waals surface area (Å²) in [6.45, 7) is 3.80. The Hall–Kier alpha value is -2.80. The first kappa shape index (κ1) is 24.5. The zero-order valence-electron chi connectivity index (χ0n) is 17.1. The molecule has 2 aromatic carbocycles. The first-order valence-electron chi connectivity index (χ1n) is 8.95. The summed E-state index contributed by atoms with van der Waals surface area (Å²) in [5.41, 5.74) is 2.13. The van der Waals surface area contributed by atoms with Gasteiger partial charge in [-0.2, -0.15) is 4.72 Å². The summed E-state index contributed by atoms with van der Waals surface area (Å²) < 4.78 is 54.7. The van der Waals surface area contributed by atoms with Crippen LogP contribution in [0, 0.1) is 20.8 Å². The Morgan fingerprint density at radius 3 is 2.19 bits per heavy atom. The lowest BCUT2D eigenvalue weighted by atomic mass is 10.1. The van der Waals surface area contributed by atoms with Gasteiger partial charge in [0.05, 0.1) is 9.79 Å². The predicted octanol–water partition coefficient (Wildman–Crippen LogP) is 0.719. The molecule has 0 saturated carbocycles. The van der Waals surface area contributed by atoms with Crippen molar-refractivity contribution in [2.24, 2.45) is 5.14 Å². The number of benzene rings is 2. The van der Waals surface area contributed by atoms with Crippen molar-refractivity contribution >= 4 is 37.6 Å². The molecular formula is C19H23N3O7S2. The number of sulfonamides is 2. The highest BCUT2D eigenvalue weighted by Crippen LogP contribution is 2.21. The summed E-state index contributed by atoms with van der Waals surface area (Å²) in [5.74, 6) is -1.70. The third kappa shape index (κ3) is 6.85. The molecule has 2 rings (SSSR count). The van der Waals surface area contributed by atoms with E-state index in [1.54, 1.807) is 26.0 Å². The average Bonchev–Trinajstić information content (AvgIpc) is 2.63. The molecule has 168 valence electrons. The van der Waals surface area contributed by atoms with E-state index in [1.165, 1.54) is 18.2 Å². The first-order valence-corrected chi connectivity index (χ1v) is 12.0. The van der Waals surface area contributed by atoms with Gasteiger partial charge in [-0.05, 0) is 50.1 Å². The van der Waals surface area contributed by atoms with Gasteiger partial charge in [-0.25, -0.2) is 22.0 Å². The molecule has 31 heavy (non-hydrogen) atoms. The molecule has 0 aromatic heterocycles. The van der Waals surface area contributed by atoms with Crippen molar-refractivity contribution in [1.82, 2.24) is 4.72 Å². The number of carbonyl (C=O) groups is 2. The van der Waals surface area contributed by atoms with E-state index in [2.05, 4.69) is 10.0 Å². The largest absolute Gasteiger partial charge is 0.455 e. The van der Waals surface area contributed by atoms with E-state index in [0.29, 0.717) is 11.1 Å². The quantitative estimate of drug-likeness (QED) is 0.480. The van der Waals surface area contributed by atoms with Crippen LogP contribution in [0.1, 0.15) is 16.7 Å². The van der Waals surface area contributed by atoms with E-state index < -0.39 is 45.1 Å². The van der Waals surface area contributed by atoms with Crippen molar-refractivity contribution in [3.63, 3.8) is 0 Å². The van der Waals surface area contributed by atoms with Gasteiger partial charge < -0.3 is 10.1 Å². The van der Waals surface area contributed by atoms with Crippen LogP contribution in [-0.4, -0.2) is 41.9 Å². The minimum atomic E-state index is -3.96. The topological polar surface area (TPSA) is 162 Å². The Balaban J connectivity index is 1.92. The molecule has 0 atom stereocenters. The van der Waals surface area contributed by atoms with Gasteiger partial charge in [0, 0.05) is 5.69 Å². The van der Waals surface area contributed by atoms with Gasteiger partial charge in [-0.1, -0.05) is 23.8 Å². The van der Waals surface area contributed by atoms with Crippen LogP contribution >= 0.6 is 0 Å². The Morgan fingerprint density at radius 2 is 1.61 bits per heavy atom. The second-order valence-corrected chi connectivity index (χ2v) is 10.1. The molecule has 1 amide bonds. The highest BCUT2D eigenvalue weighted by Gasteiger charge is 2.21. The number of anilines is 1. The van der Waals surface area contributed by atoms with Crippen LogP contribution in [0.25, 0.3) is 0 Å². The third-order valence-corrected chi connectivity index (χ3v) is 6.71. The molecule has 10 nitrogen and oxygen atoms in total. The molecule has 4 N–H and O–H groups in total. The highest BCUT2D eigenvalue weighted by atomic mass is 32.2. The summed E-state index contributed by atoms with van der Waals surface area (Å²) >= 11 is 0. The molecule has 0 unspecified atom stereocenters. The number of nitrogens with two attached hydrogens (primary N) is 1. The van der Waals surface area contributed by atoms with Gasteiger partial charge in [0.25, 0.3) is 5.91 Å². The summed E-state index contributed by atoms with van der Waals surface area (Å²) in [4.78, 5) is 23.7. The van der Waals surface area contributed by atoms with E-state index in [0.717, 1.165) is 11.6 Å². The fourth-order valence-electron chi connectivity index (χ4n) is 2.96. The maximum absolute atomic E-state index is 12.5. The van der Waals surface area contributed by atoms with Crippen molar-refractivity contribution in [1.29, 1.82) is 0 Å². The molecular weight excluding hydrogens is 446 g/mol. The number of esters is 1. The molecule has 2 aromatic rings. The Kier molecular flexibility index (Phi) is 7.54. The fraction of sp³-hybridized carbons (Fsp3) is 0.263. The maximum Gasteiger partial charge on any atom is 0.321 e. The SMILES string of the molecule is Cc1cc(C)c(S(=O)(=O)NCC(=O)OCC(=O)Nc2cccc(S(N)(=O)=O)c2)c(C)c1. The van der Waals surface area contributed by atoms with Crippen molar-refractivity contribution in [2.75, 3.05) is 18.5 Å². The lowest BCUT2D eigenvalue weighted by Gasteiger charge is -2.13. The average molecular weight is 470 g/mol. The summed E-state index contributed by atoms with van der Waals surface area (Å²) in [6, 6.07) is 8.65. The van der Waals surface area contributed by atoms with E-state index >= 15 is 0 Å². The van der Waals surface area contributed by atoms with E-state index in [1.807, 2.05) is 6.92 Å². The number of nitrogens with one attached hydrogen (secondary N) is 2. The highest BCUT2D eigenvalue weighted by molar-refractivity contribution is 7.89. The normalized spacial score (nSPS) is 11.7. The number of amides is 1. The standard InChI is InChI=1S/C19H23N3O7S2/c1-12-7-13(2)19(14(3)8-12)31(27,28)21-10-18(24)29-11-17(23)22-15-5-4-6-16(9-15)30(20,25)26/h4-9,21H,10-11H2,1-3H3,(H,22,23)(H2,20,25,26). The lowest BCUT2D eigenvalue weighted by Crippen LogP contribution is -2.33. The van der Waals surface area contributed by atoms with Crippen LogP contribution in [0.5, 0.6) is 0 Å². The van der Waals surface area contributed by atoms with Gasteiger partial charge in [-0.3, -0.25) is 9.59 Å². The number of hydrogen-bond donors (Lipinski definition) is 3. The Morgan fingerprint density at radius 1 is 1.00 bits per heavy atom. The fourth-order valence-corrected chi connectivity index (χ4v) is 4.94. The van der Waals surface area contributed by atoms with Gasteiger partial charge in [0.15, 0.2) is 6.61 Å². The number of aryl methyl sites for hydroxylation is 3. The third-order valence-electron chi connectivity index (χ3n) is 4.09. The number of carbonyl (C=O) groups excluding carboxylic acids is 2. The van der Waals surface area contributed by atoms with Gasteiger partial charge >= 0.3 is 5.97 Å². The molecule has 0 aliphatic heterocycles. The molecule has 0 saturated heterocycles. The molecule has 0 radical (unpaired) electrons. The van der Waals surface area contributed by atoms with Crippen molar-refractivity contribution in [3.8, 4) is 0 Å². The van der Waals surface area contributed by atoms with Crippen molar-refractivity contribution in [3.05, 3.63) is 53.1 Å². The summed E-state index contributed by atoms with van der Waals surface area (Å²) in [5, 5.41) is 7.38. The molecule has 0 fully saturated rings. The number of rotatable bonds is 8. The van der Waals surface area contributed by atoms with E-state index in [9.17, 15) is 26.4 Å². The van der Waals surface area contributed by atoms with Crippen LogP contribution in [0.4, 0.5) is 5.69 Å². The summed E-state index contributed by atoms with van der Waals surface area (Å²) in [7, 11) is -7.90. The van der Waals surface area contributed by atoms with Crippen molar-refractivity contribution in [2.45, 2.75) is 30.6 Å². The molecule has 0 spiro atoms. The molecule has 0 bridgehead atoms. The van der Waals surface area contributed by atoms with E-state index in [4.69, 9.17) is 9.88 Å². The number of primary sulfonamides is 1. The summed E-state index contributed by atoms with van der Waals surface area (Å²) in [6.07, 6.45) is 0. The zero-order valence-corrected chi connectivity index (χ0v) is 18.8. The lowest BCUT2D eigenvalue weighted by molar-refractivity contribution is -0.146. The second kappa shape index (κ2) is 9.56. The second-order valence-electron chi connectivity index (χ2n) is 6.83. The first-order chi connectivity index (χ1) is 14.3. The number of hydrogen-bond acceptors (Lipinski definition) is 7. The maximum atomic E-state index is 12.5. The van der Waals surface area contributed by atoms with Crippen LogP contribution < -0.4 is 15.2 Å². The van der Waals surface area contributed by atoms with Crippen LogP contribution in [0.15, 0.2) is 46.2 Å².